The van der Waals surface area contributed by atoms with E-state index in [1.165, 1.54) is 28.6 Å². The summed E-state index contributed by atoms with van der Waals surface area (Å²) in [5.74, 6) is 0.151. The number of aliphatic hydroxyl groups excluding tert-OH is 1. The summed E-state index contributed by atoms with van der Waals surface area (Å²) in [6.45, 7) is -0.0181. The molecule has 1 aliphatic heterocycles. The molecule has 2 rings (SSSR count). The fourth-order valence-corrected chi connectivity index (χ4v) is 3.31. The van der Waals surface area contributed by atoms with Crippen molar-refractivity contribution in [3.63, 3.8) is 0 Å². The first-order valence-corrected chi connectivity index (χ1v) is 6.25. The van der Waals surface area contributed by atoms with Crippen LogP contribution in [0.1, 0.15) is 11.8 Å². The molecular weight excluding hydrogens is 256 g/mol. The van der Waals surface area contributed by atoms with E-state index in [1.54, 1.807) is 0 Å². The molecule has 1 aromatic heterocycles. The molecule has 0 aromatic carbocycles. The maximum absolute atomic E-state index is 11.7. The first-order chi connectivity index (χ1) is 8.65. The zero-order chi connectivity index (χ0) is 13.1. The minimum Gasteiger partial charge on any atom is -0.395 e. The molecule has 1 aliphatic rings. The Kier molecular flexibility index (Phi) is 3.75. The van der Waals surface area contributed by atoms with Gasteiger partial charge in [-0.05, 0) is 18.0 Å². The lowest BCUT2D eigenvalue weighted by Crippen LogP contribution is -2.29. The van der Waals surface area contributed by atoms with Gasteiger partial charge < -0.3 is 10.8 Å². The summed E-state index contributed by atoms with van der Waals surface area (Å²) in [4.78, 5) is 18.2. The normalized spacial score (nSPS) is 26.8. The Balaban J connectivity index is 2.35. The Morgan fingerprint density at radius 2 is 2.56 bits per heavy atom. The fraction of sp³-hybridized carbons (Fsp3) is 0.556. The summed E-state index contributed by atoms with van der Waals surface area (Å²) < 4.78 is 1.38. The van der Waals surface area contributed by atoms with E-state index < -0.39 is 5.69 Å². The number of nitrogen functional groups attached to an aromatic ring is 1. The minimum absolute atomic E-state index is 0.0181. The van der Waals surface area contributed by atoms with Gasteiger partial charge in [-0.2, -0.15) is 4.98 Å². The summed E-state index contributed by atoms with van der Waals surface area (Å²) in [7, 11) is 0. The van der Waals surface area contributed by atoms with E-state index in [4.69, 9.17) is 16.4 Å². The number of aliphatic hydroxyl groups is 1. The van der Waals surface area contributed by atoms with Gasteiger partial charge in [-0.1, -0.05) is 5.11 Å². The lowest BCUT2D eigenvalue weighted by Gasteiger charge is -2.16. The highest BCUT2D eigenvalue weighted by Crippen LogP contribution is 2.42. The molecule has 8 nitrogen and oxygen atoms in total. The summed E-state index contributed by atoms with van der Waals surface area (Å²) in [6, 6.07) is 1.14. The molecule has 0 amide bonds. The summed E-state index contributed by atoms with van der Waals surface area (Å²) >= 11 is 1.40. The molecule has 18 heavy (non-hydrogen) atoms. The molecule has 0 aliphatic carbocycles. The molecule has 0 saturated carbocycles. The van der Waals surface area contributed by atoms with E-state index in [9.17, 15) is 4.79 Å². The second-order valence-corrected chi connectivity index (χ2v) is 5.30. The molecule has 96 valence electrons. The number of hydrogen-bond acceptors (Lipinski definition) is 6. The van der Waals surface area contributed by atoms with Crippen LogP contribution in [0.25, 0.3) is 10.4 Å². The molecule has 3 N–H and O–H groups in total. The first kappa shape index (κ1) is 12.7. The van der Waals surface area contributed by atoms with Crippen LogP contribution in [-0.2, 0) is 0 Å². The van der Waals surface area contributed by atoms with E-state index >= 15 is 0 Å². The predicted octanol–water partition coefficient (Wildman–Crippen LogP) is 0.501. The lowest BCUT2D eigenvalue weighted by atomic mass is 10.2. The highest BCUT2D eigenvalue weighted by Gasteiger charge is 2.35. The van der Waals surface area contributed by atoms with Gasteiger partial charge in [0.05, 0.1) is 18.0 Å². The van der Waals surface area contributed by atoms with Crippen molar-refractivity contribution in [3.8, 4) is 0 Å². The third kappa shape index (κ3) is 2.42. The molecule has 1 unspecified atom stereocenters. The maximum Gasteiger partial charge on any atom is 0.350 e. The van der Waals surface area contributed by atoms with Crippen LogP contribution in [0.3, 0.4) is 0 Å². The van der Waals surface area contributed by atoms with E-state index in [0.29, 0.717) is 6.42 Å². The molecule has 1 aromatic rings. The van der Waals surface area contributed by atoms with E-state index in [2.05, 4.69) is 15.0 Å². The second-order valence-electron chi connectivity index (χ2n) is 3.88. The fourth-order valence-electron chi connectivity index (χ4n) is 1.89. The maximum atomic E-state index is 11.7. The Bertz CT molecular complexity index is 540. The van der Waals surface area contributed by atoms with Gasteiger partial charge in [0.2, 0.25) is 0 Å². The molecule has 0 spiro atoms. The van der Waals surface area contributed by atoms with Crippen LogP contribution in [0.5, 0.6) is 0 Å². The third-order valence-corrected chi connectivity index (χ3v) is 4.24. The smallest absolute Gasteiger partial charge is 0.350 e. The van der Waals surface area contributed by atoms with E-state index in [-0.39, 0.29) is 29.1 Å². The van der Waals surface area contributed by atoms with Crippen molar-refractivity contribution in [3.05, 3.63) is 33.2 Å². The average Bonchev–Trinajstić information content (AvgIpc) is 2.73. The number of rotatable bonds is 3. The minimum atomic E-state index is -0.482. The molecule has 1 saturated heterocycles. The molecule has 1 fully saturated rings. The highest BCUT2D eigenvalue weighted by molar-refractivity contribution is 8.00. The van der Waals surface area contributed by atoms with E-state index in [0.717, 1.165) is 0 Å². The Labute approximate surface area is 106 Å². The first-order valence-electron chi connectivity index (χ1n) is 5.31. The van der Waals surface area contributed by atoms with Gasteiger partial charge in [0.1, 0.15) is 5.82 Å². The second kappa shape index (κ2) is 5.30. The molecule has 2 heterocycles. The van der Waals surface area contributed by atoms with Crippen molar-refractivity contribution in [2.75, 3.05) is 12.3 Å². The number of thioether (sulfide) groups is 1. The van der Waals surface area contributed by atoms with Crippen LogP contribution in [0.2, 0.25) is 0 Å². The highest BCUT2D eigenvalue weighted by atomic mass is 32.2. The number of nitrogens with two attached hydrogens (primary N) is 1. The topological polar surface area (TPSA) is 130 Å². The summed E-state index contributed by atoms with van der Waals surface area (Å²) in [6.07, 6.45) is 2.06. The average molecular weight is 268 g/mol. The van der Waals surface area contributed by atoms with Gasteiger partial charge >= 0.3 is 5.69 Å². The Morgan fingerprint density at radius 3 is 3.17 bits per heavy atom. The molecule has 0 radical (unpaired) electrons. The third-order valence-electron chi connectivity index (χ3n) is 2.69. The molecule has 3 atom stereocenters. The standard InChI is InChI=1S/C9H12N6O2S/c10-7-1-2-15(9(17)12-7)8-6(13-14-11)3-5(4-16)18-8/h1-2,5-6,8,16H,3-4H2,(H2,10,12,17)/t5-,6?,8-/m1/s1. The number of azide groups is 1. The SMILES string of the molecule is [N-]=[N+]=NC1C[C@H](CO)S[C@H]1n1ccc(N)nc1=O. The van der Waals surface area contributed by atoms with Crippen molar-refractivity contribution in [2.45, 2.75) is 23.1 Å². The number of anilines is 1. The predicted molar refractivity (Wildman–Crippen MR) is 68.0 cm³/mol. The van der Waals surface area contributed by atoms with Crippen LogP contribution < -0.4 is 11.4 Å². The van der Waals surface area contributed by atoms with Gasteiger partial charge in [0.25, 0.3) is 0 Å². The number of aromatic nitrogens is 2. The van der Waals surface area contributed by atoms with Crippen molar-refractivity contribution < 1.29 is 5.11 Å². The molecule has 0 bridgehead atoms. The van der Waals surface area contributed by atoms with Crippen LogP contribution >= 0.6 is 11.8 Å². The van der Waals surface area contributed by atoms with Crippen LogP contribution in [0.4, 0.5) is 5.82 Å². The van der Waals surface area contributed by atoms with Crippen LogP contribution in [0, 0.1) is 0 Å². The van der Waals surface area contributed by atoms with Crippen molar-refractivity contribution in [1.82, 2.24) is 9.55 Å². The Hall–Kier alpha value is -1.70. The van der Waals surface area contributed by atoms with Gasteiger partial charge in [0.15, 0.2) is 0 Å². The van der Waals surface area contributed by atoms with Gasteiger partial charge in [0, 0.05) is 16.4 Å². The van der Waals surface area contributed by atoms with Gasteiger partial charge in [-0.25, -0.2) is 4.79 Å². The zero-order valence-corrected chi connectivity index (χ0v) is 10.2. The summed E-state index contributed by atoms with van der Waals surface area (Å²) in [5, 5.41) is 12.4. The Morgan fingerprint density at radius 1 is 1.78 bits per heavy atom. The number of nitrogens with zero attached hydrogens (tertiary/aromatic N) is 5. The van der Waals surface area contributed by atoms with E-state index in [1.807, 2.05) is 0 Å². The van der Waals surface area contributed by atoms with Crippen molar-refractivity contribution in [1.29, 1.82) is 0 Å². The molecule has 9 heteroatoms. The molecular formula is C9H12N6O2S. The number of hydrogen-bond donors (Lipinski definition) is 2. The lowest BCUT2D eigenvalue weighted by molar-refractivity contribution is 0.289. The summed E-state index contributed by atoms with van der Waals surface area (Å²) in [5.41, 5.74) is 13.5. The van der Waals surface area contributed by atoms with Crippen LogP contribution in [-0.4, -0.2) is 32.6 Å². The largest absolute Gasteiger partial charge is 0.395 e. The van der Waals surface area contributed by atoms with Crippen molar-refractivity contribution in [2.24, 2.45) is 5.11 Å². The quantitative estimate of drug-likeness (QED) is 0.468. The van der Waals surface area contributed by atoms with Gasteiger partial charge in [-0.15, -0.1) is 11.8 Å². The monoisotopic (exact) mass is 268 g/mol. The van der Waals surface area contributed by atoms with Crippen molar-refractivity contribution >= 4 is 17.6 Å². The van der Waals surface area contributed by atoms with Gasteiger partial charge in [-0.3, -0.25) is 4.57 Å². The van der Waals surface area contributed by atoms with Crippen LogP contribution in [0.15, 0.2) is 22.2 Å². The zero-order valence-electron chi connectivity index (χ0n) is 9.38.